The number of likely N-dealkylation sites (tertiary alicyclic amines) is 2. The standard InChI is InChI=1S/C39H47N9O6S2/c1-18(2)27(45-38(51)53-5)36(49)47-15-7-9-24(47)33-40-21-12-11-20-17-26(55-31(20)29(21)43-33)35-42-23-14-13-22-30(32(23)56-35)44-34(41-22)25-10-8-16-48(25)37(50)28(19(3)4)46-39(52)54-6/h11-14,17-19,23-25,27-28,32H,7-10,15-16H2,1-6H3,(H,40,43)(H,41,44)(H,45,51)(H,46,52)/t23?,24-,25-,27-,28-,32?/m0/s1. The molecule has 1 aromatic carbocycles. The molecule has 0 bridgehead atoms. The molecule has 2 saturated heterocycles. The lowest BCUT2D eigenvalue weighted by atomic mass is 10.0. The van der Waals surface area contributed by atoms with Gasteiger partial charge in [-0.05, 0) is 61.1 Å². The summed E-state index contributed by atoms with van der Waals surface area (Å²) in [7, 11) is 2.59. The van der Waals surface area contributed by atoms with E-state index >= 15 is 0 Å². The van der Waals surface area contributed by atoms with Crippen LogP contribution in [0.2, 0.25) is 0 Å². The van der Waals surface area contributed by atoms with Crippen molar-refractivity contribution in [1.82, 2.24) is 40.4 Å². The number of methoxy groups -OCH3 is 2. The van der Waals surface area contributed by atoms with Gasteiger partial charge < -0.3 is 39.9 Å². The number of nitrogens with zero attached hydrogens (tertiary/aromatic N) is 5. The first-order valence-electron chi connectivity index (χ1n) is 19.2. The molecule has 4 N–H and O–H groups in total. The Bertz CT molecular complexity index is 2260. The summed E-state index contributed by atoms with van der Waals surface area (Å²) in [4.78, 5) is 78.7. The number of H-pyrrole nitrogens is 2. The Morgan fingerprint density at radius 3 is 2.05 bits per heavy atom. The molecule has 0 radical (unpaired) electrons. The average molecular weight is 802 g/mol. The first-order chi connectivity index (χ1) is 26.9. The molecule has 4 amide bonds. The first kappa shape index (κ1) is 38.0. The molecule has 56 heavy (non-hydrogen) atoms. The van der Waals surface area contributed by atoms with Crippen LogP contribution >= 0.6 is 23.1 Å². The number of aromatic amines is 2. The summed E-state index contributed by atoms with van der Waals surface area (Å²) in [5.41, 5.74) is 3.63. The van der Waals surface area contributed by atoms with Gasteiger partial charge in [0.1, 0.15) is 34.3 Å². The van der Waals surface area contributed by atoms with Crippen molar-refractivity contribution in [3.8, 4) is 0 Å². The molecule has 17 heteroatoms. The molecule has 2 fully saturated rings. The third-order valence-electron chi connectivity index (χ3n) is 11.2. The number of amides is 4. The van der Waals surface area contributed by atoms with Crippen molar-refractivity contribution in [2.75, 3.05) is 27.3 Å². The third kappa shape index (κ3) is 6.82. The van der Waals surface area contributed by atoms with E-state index < -0.39 is 24.3 Å². The Balaban J connectivity index is 1.01. The van der Waals surface area contributed by atoms with Crippen molar-refractivity contribution >= 4 is 79.3 Å². The van der Waals surface area contributed by atoms with Crippen LogP contribution in [-0.2, 0) is 19.1 Å². The van der Waals surface area contributed by atoms with Crippen molar-refractivity contribution in [3.05, 3.63) is 52.2 Å². The van der Waals surface area contributed by atoms with Crippen LogP contribution in [0.4, 0.5) is 9.59 Å². The number of fused-ring (bicyclic) bond motifs is 6. The molecule has 6 heterocycles. The van der Waals surface area contributed by atoms with Crippen LogP contribution in [0.3, 0.4) is 0 Å². The molecule has 0 saturated carbocycles. The van der Waals surface area contributed by atoms with Crippen molar-refractivity contribution in [1.29, 1.82) is 0 Å². The fraction of sp³-hybridized carbons (Fsp3) is 0.513. The average Bonchev–Trinajstić information content (AvgIpc) is 4.03. The van der Waals surface area contributed by atoms with E-state index in [2.05, 4.69) is 38.8 Å². The highest BCUT2D eigenvalue weighted by Crippen LogP contribution is 2.48. The van der Waals surface area contributed by atoms with Crippen LogP contribution in [-0.4, -0.2) is 104 Å². The van der Waals surface area contributed by atoms with E-state index in [1.165, 1.54) is 14.2 Å². The van der Waals surface area contributed by atoms with Gasteiger partial charge in [-0.2, -0.15) is 0 Å². The van der Waals surface area contributed by atoms with Crippen LogP contribution in [0.1, 0.15) is 98.6 Å². The van der Waals surface area contributed by atoms with E-state index in [4.69, 9.17) is 24.4 Å². The molecule has 3 aromatic heterocycles. The molecular formula is C39H47N9O6S2. The number of aliphatic imine (C=N–C) groups is 1. The minimum absolute atomic E-state index is 0.0117. The summed E-state index contributed by atoms with van der Waals surface area (Å²) in [5.74, 6) is 0.980. The van der Waals surface area contributed by atoms with Gasteiger partial charge in [0.2, 0.25) is 11.8 Å². The highest BCUT2D eigenvalue weighted by molar-refractivity contribution is 8.15. The number of aromatic nitrogens is 4. The minimum atomic E-state index is -0.701. The van der Waals surface area contributed by atoms with Crippen molar-refractivity contribution in [2.24, 2.45) is 16.8 Å². The first-order valence-corrected chi connectivity index (χ1v) is 20.9. The number of carbonyl (C=O) groups excluding carboxylic acids is 4. The molecule has 2 unspecified atom stereocenters. The Labute approximate surface area is 332 Å². The number of rotatable bonds is 9. The summed E-state index contributed by atoms with van der Waals surface area (Å²) >= 11 is 3.38. The van der Waals surface area contributed by atoms with Gasteiger partial charge in [-0.1, -0.05) is 51.6 Å². The second-order valence-electron chi connectivity index (χ2n) is 15.5. The Kier molecular flexibility index (Phi) is 10.3. The van der Waals surface area contributed by atoms with E-state index in [-0.39, 0.29) is 47.0 Å². The van der Waals surface area contributed by atoms with Gasteiger partial charge >= 0.3 is 12.2 Å². The summed E-state index contributed by atoms with van der Waals surface area (Å²) in [6.45, 7) is 8.81. The number of imidazole rings is 2. The quantitative estimate of drug-likeness (QED) is 0.153. The van der Waals surface area contributed by atoms with Crippen molar-refractivity contribution in [2.45, 2.75) is 88.8 Å². The zero-order chi connectivity index (χ0) is 39.4. The molecule has 8 rings (SSSR count). The number of ether oxygens (including phenoxy) is 2. The molecule has 15 nitrogen and oxygen atoms in total. The number of benzene rings is 1. The summed E-state index contributed by atoms with van der Waals surface area (Å²) in [6, 6.07) is 4.39. The van der Waals surface area contributed by atoms with Gasteiger partial charge in [0.15, 0.2) is 0 Å². The zero-order valence-electron chi connectivity index (χ0n) is 32.3. The molecule has 4 aromatic rings. The maximum absolute atomic E-state index is 13.7. The maximum atomic E-state index is 13.7. The summed E-state index contributed by atoms with van der Waals surface area (Å²) < 4.78 is 10.6. The lowest BCUT2D eigenvalue weighted by molar-refractivity contribution is -0.136. The second kappa shape index (κ2) is 15.2. The molecular weight excluding hydrogens is 755 g/mol. The van der Waals surface area contributed by atoms with E-state index in [1.807, 2.05) is 49.6 Å². The van der Waals surface area contributed by atoms with Gasteiger partial charge in [-0.25, -0.2) is 19.6 Å². The normalized spacial score (nSPS) is 22.8. The fourth-order valence-electron chi connectivity index (χ4n) is 8.27. The number of hydrogen-bond acceptors (Lipinski definition) is 11. The lowest BCUT2D eigenvalue weighted by Gasteiger charge is -2.30. The highest BCUT2D eigenvalue weighted by atomic mass is 32.2. The van der Waals surface area contributed by atoms with Crippen LogP contribution in [0.5, 0.6) is 0 Å². The van der Waals surface area contributed by atoms with Crippen LogP contribution in [0, 0.1) is 11.8 Å². The van der Waals surface area contributed by atoms with E-state index in [0.717, 1.165) is 79.8 Å². The van der Waals surface area contributed by atoms with Gasteiger partial charge in [-0.3, -0.25) is 14.6 Å². The largest absolute Gasteiger partial charge is 0.453 e. The predicted molar refractivity (Wildman–Crippen MR) is 215 cm³/mol. The summed E-state index contributed by atoms with van der Waals surface area (Å²) in [6.07, 6.45) is 6.11. The van der Waals surface area contributed by atoms with Crippen LogP contribution < -0.4 is 10.6 Å². The van der Waals surface area contributed by atoms with Crippen LogP contribution in [0.15, 0.2) is 29.3 Å². The third-order valence-corrected chi connectivity index (χ3v) is 13.8. The lowest BCUT2D eigenvalue weighted by Crippen LogP contribution is -2.51. The number of alkyl carbamates (subject to hydrolysis) is 2. The van der Waals surface area contributed by atoms with Crippen molar-refractivity contribution < 1.29 is 28.7 Å². The second-order valence-corrected chi connectivity index (χ2v) is 17.6. The molecule has 4 aliphatic rings. The van der Waals surface area contributed by atoms with Crippen molar-refractivity contribution in [3.63, 3.8) is 0 Å². The molecule has 6 atom stereocenters. The van der Waals surface area contributed by atoms with Gasteiger partial charge in [0, 0.05) is 13.1 Å². The van der Waals surface area contributed by atoms with E-state index in [1.54, 1.807) is 23.1 Å². The highest BCUT2D eigenvalue weighted by Gasteiger charge is 2.42. The monoisotopic (exact) mass is 801 g/mol. The number of thioether (sulfide) groups is 1. The number of thiophene rings is 1. The van der Waals surface area contributed by atoms with E-state index in [9.17, 15) is 19.2 Å². The SMILES string of the molecule is COC(=O)N[C@H](C(=O)N1CCC[C@H]1c1nc2c([nH]1)C1SC(c3cc4ccc5[nH]c([C@@H]6CCCN6C(=O)[C@@H](NC(=O)OC)C(C)C)nc5c4s3)=NC1C=C2)C(C)C. The van der Waals surface area contributed by atoms with E-state index in [0.29, 0.717) is 13.1 Å². The topological polar surface area (TPSA) is 187 Å². The number of carbonyl (C=O) groups is 4. The molecule has 296 valence electrons. The molecule has 1 aliphatic carbocycles. The number of nitrogens with one attached hydrogen (secondary N) is 4. The number of hydrogen-bond donors (Lipinski definition) is 4. The van der Waals surface area contributed by atoms with Crippen LogP contribution in [0.25, 0.3) is 27.2 Å². The smallest absolute Gasteiger partial charge is 0.407 e. The molecule has 0 spiro atoms. The van der Waals surface area contributed by atoms with Gasteiger partial charge in [0.25, 0.3) is 0 Å². The zero-order valence-corrected chi connectivity index (χ0v) is 33.9. The fourth-order valence-corrected chi connectivity index (χ4v) is 10.8. The minimum Gasteiger partial charge on any atom is -0.453 e. The predicted octanol–water partition coefficient (Wildman–Crippen LogP) is 6.22. The Hall–Kier alpha value is -4.90. The van der Waals surface area contributed by atoms with Gasteiger partial charge in [-0.15, -0.1) is 11.3 Å². The Morgan fingerprint density at radius 1 is 0.857 bits per heavy atom. The molecule has 3 aliphatic heterocycles. The Morgan fingerprint density at radius 2 is 1.46 bits per heavy atom. The maximum Gasteiger partial charge on any atom is 0.407 e. The summed E-state index contributed by atoms with van der Waals surface area (Å²) in [5, 5.41) is 7.48. The van der Waals surface area contributed by atoms with Gasteiger partial charge in [0.05, 0.1) is 64.1 Å².